The summed E-state index contributed by atoms with van der Waals surface area (Å²) in [5.41, 5.74) is 1.60. The summed E-state index contributed by atoms with van der Waals surface area (Å²) in [5, 5.41) is 9.34. The molecule has 1 aliphatic heterocycles. The molecule has 8 heteroatoms. The smallest absolute Gasteiger partial charge is 0.340 e. The van der Waals surface area contributed by atoms with Gasteiger partial charge in [0.25, 0.3) is 0 Å². The zero-order valence-electron chi connectivity index (χ0n) is 10.9. The Morgan fingerprint density at radius 3 is 2.71 bits per heavy atom. The molecule has 2 aromatic heterocycles. The summed E-state index contributed by atoms with van der Waals surface area (Å²) >= 11 is 5.04. The largest absolute Gasteiger partial charge is 0.449 e. The van der Waals surface area contributed by atoms with Crippen molar-refractivity contribution in [2.24, 2.45) is 0 Å². The van der Waals surface area contributed by atoms with Gasteiger partial charge in [0.1, 0.15) is 11.6 Å². The van der Waals surface area contributed by atoms with Crippen molar-refractivity contribution in [3.63, 3.8) is 0 Å². The number of nitrogens with zero attached hydrogens (tertiary/aromatic N) is 3. The highest BCUT2D eigenvalue weighted by atomic mass is 32.1. The van der Waals surface area contributed by atoms with Gasteiger partial charge in [-0.3, -0.25) is 0 Å². The summed E-state index contributed by atoms with van der Waals surface area (Å²) in [4.78, 5) is 5.72. The van der Waals surface area contributed by atoms with Gasteiger partial charge in [-0.1, -0.05) is 18.6 Å². The van der Waals surface area contributed by atoms with Crippen LogP contribution in [0.4, 0.5) is 13.2 Å². The normalized spacial score (nSPS) is 15.5. The SMILES string of the molecule is N#Cc1c2n(c3c(=S)nc(C(F)(F)F)[nH]c13)CCCCC2. The second-order valence-corrected chi connectivity index (χ2v) is 5.39. The fraction of sp³-hybridized carbons (Fsp3) is 0.462. The number of hydrogen-bond acceptors (Lipinski definition) is 3. The van der Waals surface area contributed by atoms with Crippen LogP contribution in [0.15, 0.2) is 0 Å². The average Bonchev–Trinajstić information content (AvgIpc) is 2.56. The molecule has 0 bridgehead atoms. The summed E-state index contributed by atoms with van der Waals surface area (Å²) in [6, 6.07) is 2.02. The monoisotopic (exact) mass is 312 g/mol. The van der Waals surface area contributed by atoms with Crippen LogP contribution in [0.25, 0.3) is 11.0 Å². The van der Waals surface area contributed by atoms with E-state index in [2.05, 4.69) is 9.97 Å². The molecule has 1 N–H and O–H groups in total. The Morgan fingerprint density at radius 1 is 1.29 bits per heavy atom. The number of fused-ring (bicyclic) bond motifs is 3. The molecule has 0 fully saturated rings. The van der Waals surface area contributed by atoms with E-state index >= 15 is 0 Å². The van der Waals surface area contributed by atoms with Crippen LogP contribution in [-0.4, -0.2) is 14.5 Å². The van der Waals surface area contributed by atoms with E-state index < -0.39 is 12.0 Å². The van der Waals surface area contributed by atoms with Crippen LogP contribution in [0.5, 0.6) is 0 Å². The number of rotatable bonds is 0. The molecule has 1 aliphatic rings. The molecule has 4 nitrogen and oxygen atoms in total. The highest BCUT2D eigenvalue weighted by molar-refractivity contribution is 7.71. The second kappa shape index (κ2) is 4.84. The van der Waals surface area contributed by atoms with Crippen LogP contribution in [0.1, 0.15) is 36.3 Å². The minimum absolute atomic E-state index is 0.110. The Bertz CT molecular complexity index is 810. The third-order valence-electron chi connectivity index (χ3n) is 3.71. The third kappa shape index (κ3) is 2.21. The van der Waals surface area contributed by atoms with Gasteiger partial charge in [0.05, 0.1) is 11.1 Å². The molecule has 0 aromatic carbocycles. The van der Waals surface area contributed by atoms with Gasteiger partial charge in [-0.2, -0.15) is 18.4 Å². The minimum Gasteiger partial charge on any atom is -0.340 e. The lowest BCUT2D eigenvalue weighted by Crippen LogP contribution is -2.11. The lowest BCUT2D eigenvalue weighted by Gasteiger charge is -2.08. The minimum atomic E-state index is -4.62. The van der Waals surface area contributed by atoms with E-state index in [-0.39, 0.29) is 15.7 Å². The third-order valence-corrected chi connectivity index (χ3v) is 3.99. The molecule has 0 radical (unpaired) electrons. The molecule has 3 rings (SSSR count). The molecule has 0 amide bonds. The van der Waals surface area contributed by atoms with Gasteiger partial charge in [0, 0.05) is 12.2 Å². The standard InChI is InChI=1S/C13H11F3N4S/c14-13(15,16)12-18-9-7(6-17)8-4-2-1-3-5-20(8)10(9)11(21)19-12/h1-5H2,(H,18,19,21). The van der Waals surface area contributed by atoms with Gasteiger partial charge in [-0.05, 0) is 19.3 Å². The maximum atomic E-state index is 12.9. The maximum absolute atomic E-state index is 12.9. The number of nitriles is 1. The van der Waals surface area contributed by atoms with Crippen LogP contribution >= 0.6 is 12.2 Å². The van der Waals surface area contributed by atoms with Crippen LogP contribution in [0.3, 0.4) is 0 Å². The zero-order valence-corrected chi connectivity index (χ0v) is 11.7. The molecule has 2 aromatic rings. The molecular formula is C13H11F3N4S. The number of aromatic nitrogens is 3. The van der Waals surface area contributed by atoms with Gasteiger partial charge in [-0.15, -0.1) is 0 Å². The molecule has 0 unspecified atom stereocenters. The number of H-pyrrole nitrogens is 1. The van der Waals surface area contributed by atoms with E-state index in [4.69, 9.17) is 12.2 Å². The van der Waals surface area contributed by atoms with Crippen molar-refractivity contribution in [3.05, 3.63) is 21.7 Å². The summed E-state index contributed by atoms with van der Waals surface area (Å²) in [5.74, 6) is -1.16. The number of halogens is 3. The zero-order chi connectivity index (χ0) is 15.2. The molecule has 0 saturated heterocycles. The molecule has 3 heterocycles. The van der Waals surface area contributed by atoms with E-state index in [1.165, 1.54) is 0 Å². The fourth-order valence-electron chi connectivity index (χ4n) is 2.81. The molecule has 21 heavy (non-hydrogen) atoms. The Labute approximate surface area is 123 Å². The first kappa shape index (κ1) is 14.1. The van der Waals surface area contributed by atoms with Crippen molar-refractivity contribution in [1.29, 1.82) is 5.26 Å². The van der Waals surface area contributed by atoms with Gasteiger partial charge in [0.2, 0.25) is 5.82 Å². The average molecular weight is 312 g/mol. The van der Waals surface area contributed by atoms with Crippen molar-refractivity contribution in [2.75, 3.05) is 0 Å². The van der Waals surface area contributed by atoms with Gasteiger partial charge in [-0.25, -0.2) is 4.98 Å². The number of aromatic amines is 1. The molecular weight excluding hydrogens is 301 g/mol. The Kier molecular flexibility index (Phi) is 3.24. The van der Waals surface area contributed by atoms with Gasteiger partial charge in [0.15, 0.2) is 4.64 Å². The predicted molar refractivity (Wildman–Crippen MR) is 72.2 cm³/mol. The topological polar surface area (TPSA) is 57.4 Å². The number of aryl methyl sites for hydroxylation is 1. The molecule has 0 aliphatic carbocycles. The highest BCUT2D eigenvalue weighted by Gasteiger charge is 2.35. The van der Waals surface area contributed by atoms with Gasteiger partial charge < -0.3 is 9.55 Å². The summed E-state index contributed by atoms with van der Waals surface area (Å²) < 4.78 is 40.3. The molecule has 110 valence electrons. The van der Waals surface area contributed by atoms with E-state index in [0.29, 0.717) is 18.5 Å². The lowest BCUT2D eigenvalue weighted by atomic mass is 10.1. The number of nitrogens with one attached hydrogen (secondary N) is 1. The first-order valence-electron chi connectivity index (χ1n) is 6.56. The van der Waals surface area contributed by atoms with Crippen LogP contribution in [-0.2, 0) is 19.1 Å². The summed E-state index contributed by atoms with van der Waals surface area (Å²) in [6.07, 6.45) is -1.09. The fourth-order valence-corrected chi connectivity index (χ4v) is 3.12. The van der Waals surface area contributed by atoms with E-state index in [9.17, 15) is 18.4 Å². The van der Waals surface area contributed by atoms with Crippen molar-refractivity contribution < 1.29 is 13.2 Å². The Hall–Kier alpha value is -1.88. The maximum Gasteiger partial charge on any atom is 0.449 e. The van der Waals surface area contributed by atoms with Gasteiger partial charge >= 0.3 is 6.18 Å². The molecule has 0 atom stereocenters. The summed E-state index contributed by atoms with van der Waals surface area (Å²) in [7, 11) is 0. The molecule has 0 spiro atoms. The van der Waals surface area contributed by atoms with Crippen molar-refractivity contribution in [3.8, 4) is 6.07 Å². The van der Waals surface area contributed by atoms with E-state index in [0.717, 1.165) is 25.0 Å². The van der Waals surface area contributed by atoms with Crippen molar-refractivity contribution >= 4 is 23.3 Å². The van der Waals surface area contributed by atoms with Crippen LogP contribution < -0.4 is 0 Å². The highest BCUT2D eigenvalue weighted by Crippen LogP contribution is 2.32. The van der Waals surface area contributed by atoms with Crippen molar-refractivity contribution in [1.82, 2.24) is 14.5 Å². The first-order chi connectivity index (χ1) is 9.93. The van der Waals surface area contributed by atoms with E-state index in [1.54, 1.807) is 0 Å². The Balaban J connectivity index is 2.40. The first-order valence-corrected chi connectivity index (χ1v) is 6.97. The van der Waals surface area contributed by atoms with Crippen LogP contribution in [0.2, 0.25) is 0 Å². The van der Waals surface area contributed by atoms with E-state index in [1.807, 2.05) is 10.6 Å². The molecule has 0 saturated carbocycles. The summed E-state index contributed by atoms with van der Waals surface area (Å²) in [6.45, 7) is 0.651. The number of alkyl halides is 3. The Morgan fingerprint density at radius 2 is 2.05 bits per heavy atom. The second-order valence-electron chi connectivity index (χ2n) is 5.01. The van der Waals surface area contributed by atoms with Crippen molar-refractivity contribution in [2.45, 2.75) is 38.4 Å². The predicted octanol–water partition coefficient (Wildman–Crippen LogP) is 3.71. The lowest BCUT2D eigenvalue weighted by molar-refractivity contribution is -0.144. The quantitative estimate of drug-likeness (QED) is 0.754. The number of hydrogen-bond donors (Lipinski definition) is 1. The van der Waals surface area contributed by atoms with Crippen LogP contribution in [0, 0.1) is 16.0 Å².